The van der Waals surface area contributed by atoms with Gasteiger partial charge in [0.1, 0.15) is 0 Å². The van der Waals surface area contributed by atoms with Crippen LogP contribution in [-0.2, 0) is 11.3 Å². The molecule has 1 amide bonds. The van der Waals surface area contributed by atoms with Crippen molar-refractivity contribution in [2.75, 3.05) is 5.32 Å². The van der Waals surface area contributed by atoms with Crippen molar-refractivity contribution in [1.29, 1.82) is 0 Å². The summed E-state index contributed by atoms with van der Waals surface area (Å²) >= 11 is 0. The van der Waals surface area contributed by atoms with Crippen LogP contribution in [0, 0.1) is 0 Å². The molecule has 0 aliphatic carbocycles. The topological polar surface area (TPSA) is 50.1 Å². The van der Waals surface area contributed by atoms with Crippen LogP contribution in [-0.4, -0.2) is 11.7 Å². The van der Waals surface area contributed by atoms with Gasteiger partial charge in [-0.05, 0) is 24.0 Å². The molecule has 0 spiro atoms. The highest BCUT2D eigenvalue weighted by Crippen LogP contribution is 2.26. The monoisotopic (exact) mass is 373 g/mol. The average molecular weight is 373 g/mol. The van der Waals surface area contributed by atoms with Crippen LogP contribution in [0.3, 0.4) is 0 Å². The minimum absolute atomic E-state index is 0.0281. The molecule has 0 radical (unpaired) electrons. The third-order valence-corrected chi connectivity index (χ3v) is 4.89. The lowest BCUT2D eigenvalue weighted by Gasteiger charge is -2.15. The third-order valence-electron chi connectivity index (χ3n) is 4.89. The van der Waals surface area contributed by atoms with E-state index in [-0.39, 0.29) is 18.2 Å². The number of carbonyl (C=O) groups excluding carboxylic acids is 2. The fourth-order valence-corrected chi connectivity index (χ4v) is 3.09. The number of nitrogens with one attached hydrogen (secondary N) is 1. The molecule has 142 valence electrons. The first-order valence-corrected chi connectivity index (χ1v) is 9.56. The molecule has 0 bridgehead atoms. The lowest BCUT2D eigenvalue weighted by atomic mass is 9.97. The van der Waals surface area contributed by atoms with E-state index in [2.05, 4.69) is 25.2 Å². The Balaban J connectivity index is 1.66. The number of nitrogens with zero attached hydrogens (tertiary/aromatic N) is 1. The van der Waals surface area contributed by atoms with Crippen LogP contribution < -0.4 is 9.88 Å². The van der Waals surface area contributed by atoms with E-state index in [9.17, 15) is 9.59 Å². The maximum atomic E-state index is 12.5. The Morgan fingerprint density at radius 1 is 0.893 bits per heavy atom. The number of amides is 1. The number of ketones is 1. The molecule has 28 heavy (non-hydrogen) atoms. The fourth-order valence-electron chi connectivity index (χ4n) is 3.09. The SMILES string of the molecule is CC[C@H](C)c1ccccc1NC(=O)C[n+]1ccc(C(=O)c2ccccc2)cc1. The number of hydrogen-bond donors (Lipinski definition) is 1. The molecule has 0 aliphatic heterocycles. The van der Waals surface area contributed by atoms with Crippen LogP contribution in [0.4, 0.5) is 5.69 Å². The molecule has 3 rings (SSSR count). The van der Waals surface area contributed by atoms with Gasteiger partial charge in [-0.15, -0.1) is 0 Å². The van der Waals surface area contributed by atoms with E-state index in [1.54, 1.807) is 41.2 Å². The van der Waals surface area contributed by atoms with Crippen molar-refractivity contribution >= 4 is 17.4 Å². The lowest BCUT2D eigenvalue weighted by Crippen LogP contribution is -2.39. The quantitative estimate of drug-likeness (QED) is 0.494. The number of para-hydroxylation sites is 1. The van der Waals surface area contributed by atoms with Gasteiger partial charge in [0.05, 0.1) is 0 Å². The molecule has 2 aromatic carbocycles. The summed E-state index contributed by atoms with van der Waals surface area (Å²) in [6.45, 7) is 4.48. The van der Waals surface area contributed by atoms with Crippen molar-refractivity contribution in [3.8, 4) is 0 Å². The van der Waals surface area contributed by atoms with Gasteiger partial charge < -0.3 is 5.32 Å². The van der Waals surface area contributed by atoms with Gasteiger partial charge >= 0.3 is 0 Å². The van der Waals surface area contributed by atoms with Crippen molar-refractivity contribution in [1.82, 2.24) is 0 Å². The average Bonchev–Trinajstić information content (AvgIpc) is 2.74. The molecule has 1 aromatic heterocycles. The summed E-state index contributed by atoms with van der Waals surface area (Å²) in [6.07, 6.45) is 4.53. The molecular weight excluding hydrogens is 348 g/mol. The van der Waals surface area contributed by atoms with E-state index in [0.717, 1.165) is 17.7 Å². The van der Waals surface area contributed by atoms with Crippen LogP contribution in [0.25, 0.3) is 0 Å². The van der Waals surface area contributed by atoms with E-state index < -0.39 is 0 Å². The summed E-state index contributed by atoms with van der Waals surface area (Å²) in [6, 6.07) is 20.6. The number of carbonyl (C=O) groups is 2. The Morgan fingerprint density at radius 3 is 2.18 bits per heavy atom. The number of benzene rings is 2. The van der Waals surface area contributed by atoms with Crippen LogP contribution in [0.15, 0.2) is 79.1 Å². The molecular formula is C24H25N2O2+. The molecule has 1 atom stereocenters. The van der Waals surface area contributed by atoms with Crippen LogP contribution in [0.2, 0.25) is 0 Å². The van der Waals surface area contributed by atoms with Gasteiger partial charge in [-0.2, -0.15) is 4.57 Å². The van der Waals surface area contributed by atoms with Gasteiger partial charge in [0.15, 0.2) is 18.2 Å². The van der Waals surface area contributed by atoms with Crippen molar-refractivity contribution < 1.29 is 14.2 Å². The Kier molecular flexibility index (Phi) is 6.33. The van der Waals surface area contributed by atoms with Crippen molar-refractivity contribution in [2.45, 2.75) is 32.7 Å². The van der Waals surface area contributed by atoms with E-state index >= 15 is 0 Å². The van der Waals surface area contributed by atoms with Crippen LogP contribution in [0.5, 0.6) is 0 Å². The fraction of sp³-hybridized carbons (Fsp3) is 0.208. The summed E-state index contributed by atoms with van der Waals surface area (Å²) in [7, 11) is 0. The molecule has 4 heteroatoms. The molecule has 3 aromatic rings. The summed E-state index contributed by atoms with van der Waals surface area (Å²) in [4.78, 5) is 24.9. The molecule has 1 heterocycles. The first kappa shape index (κ1) is 19.5. The molecule has 0 saturated carbocycles. The van der Waals surface area contributed by atoms with E-state index in [4.69, 9.17) is 0 Å². The second kappa shape index (κ2) is 9.09. The maximum Gasteiger partial charge on any atom is 0.290 e. The summed E-state index contributed by atoms with van der Waals surface area (Å²) < 4.78 is 1.77. The minimum Gasteiger partial charge on any atom is -0.320 e. The summed E-state index contributed by atoms with van der Waals surface area (Å²) in [5.41, 5.74) is 3.26. The number of rotatable bonds is 7. The molecule has 1 N–H and O–H groups in total. The zero-order valence-electron chi connectivity index (χ0n) is 16.3. The lowest BCUT2D eigenvalue weighted by molar-refractivity contribution is -0.684. The minimum atomic E-state index is -0.0945. The Labute approximate surface area is 165 Å². The Hall–Kier alpha value is -3.27. The first-order valence-electron chi connectivity index (χ1n) is 9.56. The number of aromatic nitrogens is 1. The van der Waals surface area contributed by atoms with Gasteiger partial charge in [0, 0.05) is 28.9 Å². The largest absolute Gasteiger partial charge is 0.320 e. The van der Waals surface area contributed by atoms with Crippen molar-refractivity contribution in [2.24, 2.45) is 0 Å². The zero-order chi connectivity index (χ0) is 19.9. The van der Waals surface area contributed by atoms with Gasteiger partial charge in [-0.3, -0.25) is 9.59 Å². The smallest absolute Gasteiger partial charge is 0.290 e. The van der Waals surface area contributed by atoms with Crippen LogP contribution in [0.1, 0.15) is 47.7 Å². The predicted octanol–water partition coefficient (Wildman–Crippen LogP) is 4.36. The zero-order valence-corrected chi connectivity index (χ0v) is 16.3. The maximum absolute atomic E-state index is 12.5. The third kappa shape index (κ3) is 4.71. The van der Waals surface area contributed by atoms with Crippen molar-refractivity contribution in [3.63, 3.8) is 0 Å². The molecule has 4 nitrogen and oxygen atoms in total. The standard InChI is InChI=1S/C24H24N2O2/c1-3-18(2)21-11-7-8-12-22(21)25-23(27)17-26-15-13-20(14-16-26)24(28)19-9-5-4-6-10-19/h4-16,18H,3,17H2,1-2H3/p+1/t18-/m0/s1. The van der Waals surface area contributed by atoms with Gasteiger partial charge in [-0.1, -0.05) is 62.4 Å². The normalized spacial score (nSPS) is 11.6. The summed E-state index contributed by atoms with van der Waals surface area (Å²) in [5.74, 6) is 0.259. The highest BCUT2D eigenvalue weighted by atomic mass is 16.2. The Morgan fingerprint density at radius 2 is 1.50 bits per heavy atom. The van der Waals surface area contributed by atoms with E-state index in [1.165, 1.54) is 0 Å². The van der Waals surface area contributed by atoms with Crippen molar-refractivity contribution in [3.05, 3.63) is 95.8 Å². The van der Waals surface area contributed by atoms with Gasteiger partial charge in [0.2, 0.25) is 6.54 Å². The molecule has 0 saturated heterocycles. The second-order valence-corrected chi connectivity index (χ2v) is 6.90. The first-order chi connectivity index (χ1) is 13.6. The Bertz CT molecular complexity index is 950. The van der Waals surface area contributed by atoms with Crippen LogP contribution >= 0.6 is 0 Å². The number of hydrogen-bond acceptors (Lipinski definition) is 2. The summed E-state index contributed by atoms with van der Waals surface area (Å²) in [5, 5.41) is 3.01. The highest BCUT2D eigenvalue weighted by Gasteiger charge is 2.15. The van der Waals surface area contributed by atoms with E-state index in [0.29, 0.717) is 17.0 Å². The molecule has 0 aliphatic rings. The molecule has 0 fully saturated rings. The number of pyridine rings is 1. The highest BCUT2D eigenvalue weighted by molar-refractivity contribution is 6.08. The molecule has 0 unspecified atom stereocenters. The second-order valence-electron chi connectivity index (χ2n) is 6.90. The predicted molar refractivity (Wildman–Crippen MR) is 110 cm³/mol. The van der Waals surface area contributed by atoms with E-state index in [1.807, 2.05) is 36.4 Å². The van der Waals surface area contributed by atoms with Gasteiger partial charge in [-0.25, -0.2) is 0 Å². The van der Waals surface area contributed by atoms with Gasteiger partial charge in [0.25, 0.3) is 5.91 Å². The number of anilines is 1.